The molecule has 0 saturated heterocycles. The molecule has 0 fully saturated rings. The lowest BCUT2D eigenvalue weighted by Crippen LogP contribution is -2.27. The van der Waals surface area contributed by atoms with E-state index < -0.39 is 11.7 Å². The SMILES string of the molecule is CC(C)(C)OC(=O)Nc1cc(-n2ccc3ccncc32)ncc1Br. The summed E-state index contributed by atoms with van der Waals surface area (Å²) in [7, 11) is 0. The highest BCUT2D eigenvalue weighted by Crippen LogP contribution is 2.26. The van der Waals surface area contributed by atoms with Crippen LogP contribution < -0.4 is 5.32 Å². The van der Waals surface area contributed by atoms with E-state index in [2.05, 4.69) is 31.2 Å². The number of aromatic nitrogens is 3. The Hall–Kier alpha value is -2.41. The summed E-state index contributed by atoms with van der Waals surface area (Å²) in [6, 6.07) is 5.70. The standard InChI is InChI=1S/C17H17BrN4O2/c1-17(2,3)24-16(23)21-13-8-15(20-9-12(13)18)22-7-5-11-4-6-19-10-14(11)22/h4-10H,1-3H3,(H,20,21,23). The van der Waals surface area contributed by atoms with Gasteiger partial charge in [-0.15, -0.1) is 0 Å². The Bertz CT molecular complexity index is 899. The van der Waals surface area contributed by atoms with Crippen LogP contribution in [0.3, 0.4) is 0 Å². The molecule has 0 spiro atoms. The molecule has 124 valence electrons. The first-order valence-corrected chi connectivity index (χ1v) is 8.20. The molecule has 3 rings (SSSR count). The monoisotopic (exact) mass is 388 g/mol. The molecule has 0 aliphatic rings. The van der Waals surface area contributed by atoms with Gasteiger partial charge in [-0.25, -0.2) is 9.78 Å². The molecule has 3 aromatic heterocycles. The number of anilines is 1. The van der Waals surface area contributed by atoms with Gasteiger partial charge < -0.3 is 4.74 Å². The molecule has 0 unspecified atom stereocenters. The Balaban J connectivity index is 1.93. The maximum absolute atomic E-state index is 12.0. The van der Waals surface area contributed by atoms with Gasteiger partial charge in [-0.1, -0.05) is 0 Å². The van der Waals surface area contributed by atoms with Gasteiger partial charge in [0.2, 0.25) is 0 Å². The summed E-state index contributed by atoms with van der Waals surface area (Å²) in [6.07, 6.45) is 6.57. The first-order valence-electron chi connectivity index (χ1n) is 7.40. The van der Waals surface area contributed by atoms with E-state index in [0.717, 1.165) is 10.9 Å². The molecule has 0 aromatic carbocycles. The van der Waals surface area contributed by atoms with E-state index in [1.165, 1.54) is 0 Å². The number of carbonyl (C=O) groups excluding carboxylic acids is 1. The van der Waals surface area contributed by atoms with Gasteiger partial charge >= 0.3 is 6.09 Å². The minimum atomic E-state index is -0.561. The predicted octanol–water partition coefficient (Wildman–Crippen LogP) is 4.53. The minimum Gasteiger partial charge on any atom is -0.444 e. The van der Waals surface area contributed by atoms with Gasteiger partial charge in [-0.2, -0.15) is 0 Å². The zero-order valence-corrected chi connectivity index (χ0v) is 15.2. The van der Waals surface area contributed by atoms with Crippen LogP contribution in [0.25, 0.3) is 16.7 Å². The molecule has 3 aromatic rings. The molecule has 1 amide bonds. The minimum absolute atomic E-state index is 0.514. The van der Waals surface area contributed by atoms with Crippen LogP contribution in [-0.4, -0.2) is 26.2 Å². The third-order valence-corrected chi connectivity index (χ3v) is 3.85. The van der Waals surface area contributed by atoms with Crippen molar-refractivity contribution >= 4 is 38.6 Å². The number of carbonyl (C=O) groups is 1. The van der Waals surface area contributed by atoms with Crippen molar-refractivity contribution < 1.29 is 9.53 Å². The zero-order chi connectivity index (χ0) is 17.3. The molecular formula is C17H17BrN4O2. The number of fused-ring (bicyclic) bond motifs is 1. The van der Waals surface area contributed by atoms with Crippen LogP contribution in [0.4, 0.5) is 10.5 Å². The molecule has 0 aliphatic heterocycles. The van der Waals surface area contributed by atoms with Gasteiger partial charge in [0.25, 0.3) is 0 Å². The molecular weight excluding hydrogens is 372 g/mol. The van der Waals surface area contributed by atoms with Crippen molar-refractivity contribution in [2.45, 2.75) is 26.4 Å². The number of nitrogens with zero attached hydrogens (tertiary/aromatic N) is 3. The van der Waals surface area contributed by atoms with Gasteiger partial charge in [-0.05, 0) is 48.8 Å². The second kappa shape index (κ2) is 6.24. The van der Waals surface area contributed by atoms with Crippen molar-refractivity contribution in [3.8, 4) is 5.82 Å². The number of pyridine rings is 2. The molecule has 3 heterocycles. The number of hydrogen-bond donors (Lipinski definition) is 1. The molecule has 1 N–H and O–H groups in total. The highest BCUT2D eigenvalue weighted by atomic mass is 79.9. The zero-order valence-electron chi connectivity index (χ0n) is 13.6. The van der Waals surface area contributed by atoms with E-state index in [9.17, 15) is 4.79 Å². The number of amides is 1. The number of rotatable bonds is 2. The van der Waals surface area contributed by atoms with Gasteiger partial charge in [0.05, 0.1) is 21.9 Å². The average molecular weight is 389 g/mol. The molecule has 0 aliphatic carbocycles. The molecule has 7 heteroatoms. The lowest BCUT2D eigenvalue weighted by molar-refractivity contribution is 0.0636. The predicted molar refractivity (Wildman–Crippen MR) is 96.4 cm³/mol. The van der Waals surface area contributed by atoms with E-state index in [4.69, 9.17) is 4.74 Å². The Morgan fingerprint density at radius 2 is 2.08 bits per heavy atom. The topological polar surface area (TPSA) is 69.0 Å². The largest absolute Gasteiger partial charge is 0.444 e. The molecule has 0 bridgehead atoms. The lowest BCUT2D eigenvalue weighted by Gasteiger charge is -2.20. The smallest absolute Gasteiger partial charge is 0.412 e. The summed E-state index contributed by atoms with van der Waals surface area (Å²) >= 11 is 3.40. The average Bonchev–Trinajstić information content (AvgIpc) is 2.91. The lowest BCUT2D eigenvalue weighted by atomic mass is 10.2. The molecule has 6 nitrogen and oxygen atoms in total. The van der Waals surface area contributed by atoms with E-state index >= 15 is 0 Å². The van der Waals surface area contributed by atoms with Gasteiger partial charge in [0.1, 0.15) is 11.4 Å². The quantitative estimate of drug-likeness (QED) is 0.699. The third kappa shape index (κ3) is 3.56. The van der Waals surface area contributed by atoms with Crippen LogP contribution in [0, 0.1) is 0 Å². The van der Waals surface area contributed by atoms with Crippen molar-refractivity contribution in [2.24, 2.45) is 0 Å². The second-order valence-corrected chi connectivity index (χ2v) is 7.12. The first kappa shape index (κ1) is 16.4. The van der Waals surface area contributed by atoms with Gasteiger partial charge in [0, 0.05) is 30.0 Å². The fourth-order valence-corrected chi connectivity index (χ4v) is 2.56. The highest BCUT2D eigenvalue weighted by Gasteiger charge is 2.17. The van der Waals surface area contributed by atoms with Crippen molar-refractivity contribution in [3.05, 3.63) is 47.5 Å². The maximum atomic E-state index is 12.0. The Kier molecular flexibility index (Phi) is 4.28. The normalized spacial score (nSPS) is 11.5. The molecule has 0 atom stereocenters. The fraction of sp³-hybridized carbons (Fsp3) is 0.235. The van der Waals surface area contributed by atoms with Crippen molar-refractivity contribution in [1.29, 1.82) is 0 Å². The maximum Gasteiger partial charge on any atom is 0.412 e. The van der Waals surface area contributed by atoms with E-state index in [1.807, 2.05) is 43.7 Å². The van der Waals surface area contributed by atoms with Crippen LogP contribution >= 0.6 is 15.9 Å². The number of ether oxygens (including phenoxy) is 1. The summed E-state index contributed by atoms with van der Waals surface area (Å²) in [5.41, 5.74) is 0.963. The summed E-state index contributed by atoms with van der Waals surface area (Å²) in [5, 5.41) is 3.81. The van der Waals surface area contributed by atoms with Gasteiger partial charge in [-0.3, -0.25) is 14.9 Å². The first-order chi connectivity index (χ1) is 11.3. The van der Waals surface area contributed by atoms with Crippen LogP contribution in [0.15, 0.2) is 47.5 Å². The summed E-state index contributed by atoms with van der Waals surface area (Å²) in [5.74, 6) is 0.673. The molecule has 24 heavy (non-hydrogen) atoms. The second-order valence-electron chi connectivity index (χ2n) is 6.27. The van der Waals surface area contributed by atoms with E-state index in [1.54, 1.807) is 24.7 Å². The Labute approximate surface area is 148 Å². The van der Waals surface area contributed by atoms with Crippen LogP contribution in [0.5, 0.6) is 0 Å². The van der Waals surface area contributed by atoms with Crippen LogP contribution in [0.1, 0.15) is 20.8 Å². The third-order valence-electron chi connectivity index (χ3n) is 3.22. The number of nitrogens with one attached hydrogen (secondary N) is 1. The Morgan fingerprint density at radius 3 is 2.83 bits per heavy atom. The summed E-state index contributed by atoms with van der Waals surface area (Å²) in [6.45, 7) is 5.45. The van der Waals surface area contributed by atoms with Crippen molar-refractivity contribution in [1.82, 2.24) is 14.5 Å². The Morgan fingerprint density at radius 1 is 1.29 bits per heavy atom. The van der Waals surface area contributed by atoms with E-state index in [0.29, 0.717) is 16.0 Å². The molecule has 0 radical (unpaired) electrons. The van der Waals surface area contributed by atoms with Crippen molar-refractivity contribution in [2.75, 3.05) is 5.32 Å². The fourth-order valence-electron chi connectivity index (χ4n) is 2.24. The summed E-state index contributed by atoms with van der Waals surface area (Å²) in [4.78, 5) is 20.6. The summed E-state index contributed by atoms with van der Waals surface area (Å²) < 4.78 is 7.87. The van der Waals surface area contributed by atoms with Gasteiger partial charge in [0.15, 0.2) is 0 Å². The molecule has 0 saturated carbocycles. The number of halogens is 1. The number of hydrogen-bond acceptors (Lipinski definition) is 4. The van der Waals surface area contributed by atoms with E-state index in [-0.39, 0.29) is 0 Å². The highest BCUT2D eigenvalue weighted by molar-refractivity contribution is 9.10. The van der Waals surface area contributed by atoms with Crippen LogP contribution in [0.2, 0.25) is 0 Å². The van der Waals surface area contributed by atoms with Crippen LogP contribution in [-0.2, 0) is 4.74 Å². The van der Waals surface area contributed by atoms with Crippen molar-refractivity contribution in [3.63, 3.8) is 0 Å².